The van der Waals surface area contributed by atoms with Crippen LogP contribution < -0.4 is 0 Å². The lowest BCUT2D eigenvalue weighted by Gasteiger charge is -2.06. The molecule has 0 N–H and O–H groups in total. The molecule has 0 radical (unpaired) electrons. The highest BCUT2D eigenvalue weighted by molar-refractivity contribution is 6.30. The second-order valence-corrected chi connectivity index (χ2v) is 4.99. The van der Waals surface area contributed by atoms with Gasteiger partial charge >= 0.3 is 0 Å². The van der Waals surface area contributed by atoms with Crippen LogP contribution in [0.5, 0.6) is 0 Å². The molecule has 18 heavy (non-hydrogen) atoms. The predicted molar refractivity (Wildman–Crippen MR) is 69.2 cm³/mol. The van der Waals surface area contributed by atoms with Crippen LogP contribution in [-0.4, -0.2) is 9.97 Å². The standard InChI is InChI=1S/C14H12ClFN2/c1-8-5-9(7-10(16)6-8)14-17-12-4-2-3-11(12)13(15)18-14/h5-7H,2-4H2,1H3. The topological polar surface area (TPSA) is 25.8 Å². The first-order chi connectivity index (χ1) is 8.63. The van der Waals surface area contributed by atoms with E-state index in [0.717, 1.165) is 36.1 Å². The monoisotopic (exact) mass is 262 g/mol. The third kappa shape index (κ3) is 1.99. The summed E-state index contributed by atoms with van der Waals surface area (Å²) in [6.07, 6.45) is 2.94. The van der Waals surface area contributed by atoms with Gasteiger partial charge in [-0.05, 0) is 49.9 Å². The van der Waals surface area contributed by atoms with Gasteiger partial charge in [0.25, 0.3) is 0 Å². The molecule has 0 aliphatic heterocycles. The number of fused-ring (bicyclic) bond motifs is 1. The first-order valence-electron chi connectivity index (χ1n) is 5.96. The summed E-state index contributed by atoms with van der Waals surface area (Å²) < 4.78 is 13.4. The van der Waals surface area contributed by atoms with Gasteiger partial charge in [0.05, 0.1) is 0 Å². The number of aromatic nitrogens is 2. The summed E-state index contributed by atoms with van der Waals surface area (Å²) in [5.41, 5.74) is 3.59. The number of hydrogen-bond donors (Lipinski definition) is 0. The third-order valence-electron chi connectivity index (χ3n) is 3.18. The Morgan fingerprint density at radius 1 is 1.17 bits per heavy atom. The SMILES string of the molecule is Cc1cc(F)cc(-c2nc(Cl)c3c(n2)CCC3)c1. The summed E-state index contributed by atoms with van der Waals surface area (Å²) in [5, 5.41) is 0.509. The first kappa shape index (κ1) is 11.6. The molecule has 0 saturated heterocycles. The lowest BCUT2D eigenvalue weighted by molar-refractivity contribution is 0.627. The molecule has 1 aromatic carbocycles. The van der Waals surface area contributed by atoms with Gasteiger partial charge in [0.2, 0.25) is 0 Å². The van der Waals surface area contributed by atoms with Gasteiger partial charge in [-0.25, -0.2) is 14.4 Å². The Morgan fingerprint density at radius 3 is 2.78 bits per heavy atom. The zero-order valence-electron chi connectivity index (χ0n) is 10.0. The molecule has 0 bridgehead atoms. The summed E-state index contributed by atoms with van der Waals surface area (Å²) in [6.45, 7) is 1.85. The van der Waals surface area contributed by atoms with E-state index in [1.165, 1.54) is 12.1 Å². The van der Waals surface area contributed by atoms with Crippen LogP contribution in [0.25, 0.3) is 11.4 Å². The van der Waals surface area contributed by atoms with Crippen molar-refractivity contribution in [2.75, 3.05) is 0 Å². The number of rotatable bonds is 1. The molecule has 0 saturated carbocycles. The first-order valence-corrected chi connectivity index (χ1v) is 6.34. The van der Waals surface area contributed by atoms with Crippen molar-refractivity contribution in [3.63, 3.8) is 0 Å². The molecule has 1 aliphatic carbocycles. The summed E-state index contributed by atoms with van der Waals surface area (Å²) in [6, 6.07) is 4.80. The zero-order valence-corrected chi connectivity index (χ0v) is 10.8. The molecule has 3 rings (SSSR count). The Labute approximate surface area is 110 Å². The van der Waals surface area contributed by atoms with E-state index in [9.17, 15) is 4.39 Å². The molecule has 0 atom stereocenters. The van der Waals surface area contributed by atoms with Crippen LogP contribution >= 0.6 is 11.6 Å². The molecule has 0 amide bonds. The molecule has 1 aliphatic rings. The van der Waals surface area contributed by atoms with Gasteiger partial charge in [-0.2, -0.15) is 0 Å². The molecular weight excluding hydrogens is 251 g/mol. The molecule has 0 unspecified atom stereocenters. The van der Waals surface area contributed by atoms with E-state index in [2.05, 4.69) is 9.97 Å². The van der Waals surface area contributed by atoms with Gasteiger partial charge in [-0.1, -0.05) is 11.6 Å². The van der Waals surface area contributed by atoms with E-state index < -0.39 is 0 Å². The van der Waals surface area contributed by atoms with E-state index in [0.29, 0.717) is 16.5 Å². The van der Waals surface area contributed by atoms with E-state index in [1.54, 1.807) is 0 Å². The van der Waals surface area contributed by atoms with Crippen molar-refractivity contribution in [2.24, 2.45) is 0 Å². The summed E-state index contributed by atoms with van der Waals surface area (Å²) in [4.78, 5) is 8.79. The van der Waals surface area contributed by atoms with Crippen molar-refractivity contribution < 1.29 is 4.39 Å². The van der Waals surface area contributed by atoms with Crippen molar-refractivity contribution in [3.8, 4) is 11.4 Å². The highest BCUT2D eigenvalue weighted by atomic mass is 35.5. The summed E-state index contributed by atoms with van der Waals surface area (Å²) in [7, 11) is 0. The molecule has 2 nitrogen and oxygen atoms in total. The average Bonchev–Trinajstić information content (AvgIpc) is 2.76. The van der Waals surface area contributed by atoms with Crippen LogP contribution in [-0.2, 0) is 12.8 Å². The summed E-state index contributed by atoms with van der Waals surface area (Å²) in [5.74, 6) is 0.244. The van der Waals surface area contributed by atoms with Crippen LogP contribution in [0.1, 0.15) is 23.2 Å². The fourth-order valence-electron chi connectivity index (χ4n) is 2.38. The Kier molecular flexibility index (Phi) is 2.78. The van der Waals surface area contributed by atoms with Crippen LogP contribution in [0.4, 0.5) is 4.39 Å². The normalized spacial score (nSPS) is 13.7. The minimum Gasteiger partial charge on any atom is -0.233 e. The van der Waals surface area contributed by atoms with Gasteiger partial charge in [0.1, 0.15) is 11.0 Å². The molecule has 0 fully saturated rings. The predicted octanol–water partition coefficient (Wildman–Crippen LogP) is 3.73. The van der Waals surface area contributed by atoms with Gasteiger partial charge in [0, 0.05) is 16.8 Å². The number of hydrogen-bond acceptors (Lipinski definition) is 2. The minimum absolute atomic E-state index is 0.273. The second kappa shape index (κ2) is 4.32. The van der Waals surface area contributed by atoms with Crippen LogP contribution in [0.3, 0.4) is 0 Å². The summed E-state index contributed by atoms with van der Waals surface area (Å²) >= 11 is 6.16. The van der Waals surface area contributed by atoms with Crippen molar-refractivity contribution >= 4 is 11.6 Å². The maximum Gasteiger partial charge on any atom is 0.161 e. The maximum atomic E-state index is 13.4. The van der Waals surface area contributed by atoms with E-state index >= 15 is 0 Å². The molecule has 1 aromatic heterocycles. The van der Waals surface area contributed by atoms with Crippen molar-refractivity contribution in [1.82, 2.24) is 9.97 Å². The highest BCUT2D eigenvalue weighted by Crippen LogP contribution is 2.29. The fraction of sp³-hybridized carbons (Fsp3) is 0.286. The van der Waals surface area contributed by atoms with Crippen LogP contribution in [0.15, 0.2) is 18.2 Å². The minimum atomic E-state index is -0.273. The average molecular weight is 263 g/mol. The van der Waals surface area contributed by atoms with Crippen molar-refractivity contribution in [3.05, 3.63) is 46.0 Å². The molecule has 1 heterocycles. The van der Waals surface area contributed by atoms with E-state index in [4.69, 9.17) is 11.6 Å². The Morgan fingerprint density at radius 2 is 2.00 bits per heavy atom. The second-order valence-electron chi connectivity index (χ2n) is 4.63. The number of benzene rings is 1. The maximum absolute atomic E-state index is 13.4. The highest BCUT2D eigenvalue weighted by Gasteiger charge is 2.18. The Bertz CT molecular complexity index is 605. The molecule has 92 valence electrons. The van der Waals surface area contributed by atoms with Crippen LogP contribution in [0, 0.1) is 12.7 Å². The van der Waals surface area contributed by atoms with Gasteiger partial charge in [-0.15, -0.1) is 0 Å². The van der Waals surface area contributed by atoms with E-state index in [-0.39, 0.29) is 5.82 Å². The number of aryl methyl sites for hydroxylation is 2. The van der Waals surface area contributed by atoms with Gasteiger partial charge in [-0.3, -0.25) is 0 Å². The van der Waals surface area contributed by atoms with Crippen LogP contribution in [0.2, 0.25) is 5.15 Å². The lowest BCUT2D eigenvalue weighted by atomic mass is 10.1. The molecule has 4 heteroatoms. The Hall–Kier alpha value is -1.48. The number of nitrogens with zero attached hydrogens (tertiary/aromatic N) is 2. The largest absolute Gasteiger partial charge is 0.233 e. The lowest BCUT2D eigenvalue weighted by Crippen LogP contribution is -1.98. The van der Waals surface area contributed by atoms with Crippen molar-refractivity contribution in [2.45, 2.75) is 26.2 Å². The number of halogens is 2. The van der Waals surface area contributed by atoms with Gasteiger partial charge < -0.3 is 0 Å². The molecular formula is C14H12ClFN2. The zero-order chi connectivity index (χ0) is 12.7. The quantitative estimate of drug-likeness (QED) is 0.732. The smallest absolute Gasteiger partial charge is 0.161 e. The van der Waals surface area contributed by atoms with Crippen molar-refractivity contribution in [1.29, 1.82) is 0 Å². The van der Waals surface area contributed by atoms with E-state index in [1.807, 2.05) is 13.0 Å². The molecule has 0 spiro atoms. The Balaban J connectivity index is 2.15. The van der Waals surface area contributed by atoms with Gasteiger partial charge in [0.15, 0.2) is 5.82 Å². The fourth-order valence-corrected chi connectivity index (χ4v) is 2.66. The third-order valence-corrected chi connectivity index (χ3v) is 3.50. The molecule has 2 aromatic rings.